The van der Waals surface area contributed by atoms with E-state index in [1.807, 2.05) is 0 Å². The zero-order valence-electron chi connectivity index (χ0n) is 13.4. The molecule has 2 aromatic carbocycles. The maximum Gasteiger partial charge on any atom is 0.278 e. The number of nitrogen functional groups attached to an aromatic ring is 1. The first-order valence-corrected chi connectivity index (χ1v) is 8.51. The Morgan fingerprint density at radius 3 is 2.58 bits per heavy atom. The van der Waals surface area contributed by atoms with Crippen molar-refractivity contribution in [3.63, 3.8) is 0 Å². The van der Waals surface area contributed by atoms with Crippen LogP contribution in [0.1, 0.15) is 0 Å². The molecule has 0 aliphatic rings. The molecular formula is C17H14FN5O2S. The predicted octanol–water partition coefficient (Wildman–Crippen LogP) is 2.28. The van der Waals surface area contributed by atoms with Crippen molar-refractivity contribution in [2.75, 3.05) is 16.8 Å². The van der Waals surface area contributed by atoms with Crippen LogP contribution < -0.4 is 16.6 Å². The number of nitrogens with two attached hydrogens (primary N) is 1. The number of benzene rings is 2. The molecule has 0 saturated carbocycles. The van der Waals surface area contributed by atoms with Crippen molar-refractivity contribution in [3.05, 3.63) is 64.7 Å². The molecule has 3 rings (SSSR count). The van der Waals surface area contributed by atoms with E-state index in [2.05, 4.69) is 20.5 Å². The summed E-state index contributed by atoms with van der Waals surface area (Å²) in [4.78, 5) is 26.7. The molecule has 9 heteroatoms. The second-order valence-electron chi connectivity index (χ2n) is 5.24. The molecule has 0 atom stereocenters. The van der Waals surface area contributed by atoms with Gasteiger partial charge in [0.15, 0.2) is 10.9 Å². The third-order valence-electron chi connectivity index (χ3n) is 3.36. The number of H-pyrrole nitrogens is 1. The molecule has 0 aliphatic heterocycles. The second kappa shape index (κ2) is 7.79. The van der Waals surface area contributed by atoms with Gasteiger partial charge in [0.05, 0.1) is 5.75 Å². The number of amides is 1. The van der Waals surface area contributed by atoms with E-state index >= 15 is 0 Å². The molecule has 0 saturated heterocycles. The monoisotopic (exact) mass is 371 g/mol. The maximum atomic E-state index is 12.8. The summed E-state index contributed by atoms with van der Waals surface area (Å²) in [5, 5.41) is 10.7. The van der Waals surface area contributed by atoms with Crippen LogP contribution in [0.15, 0.2) is 58.5 Å². The minimum absolute atomic E-state index is 0.00875. The van der Waals surface area contributed by atoms with E-state index in [0.717, 1.165) is 11.8 Å². The van der Waals surface area contributed by atoms with Crippen molar-refractivity contribution in [1.29, 1.82) is 0 Å². The lowest BCUT2D eigenvalue weighted by Crippen LogP contribution is -2.17. The molecule has 0 radical (unpaired) electrons. The number of rotatable bonds is 5. The van der Waals surface area contributed by atoms with E-state index in [0.29, 0.717) is 16.9 Å². The summed E-state index contributed by atoms with van der Waals surface area (Å²) >= 11 is 1.03. The molecule has 0 fully saturated rings. The van der Waals surface area contributed by atoms with Gasteiger partial charge in [-0.05, 0) is 30.3 Å². The molecule has 1 heterocycles. The first-order chi connectivity index (χ1) is 12.5. The van der Waals surface area contributed by atoms with Crippen LogP contribution in [0.3, 0.4) is 0 Å². The van der Waals surface area contributed by atoms with Gasteiger partial charge in [0.25, 0.3) is 5.56 Å². The fraction of sp³-hybridized carbons (Fsp3) is 0.0588. The molecule has 26 heavy (non-hydrogen) atoms. The van der Waals surface area contributed by atoms with Gasteiger partial charge in [-0.1, -0.05) is 30.0 Å². The van der Waals surface area contributed by atoms with Gasteiger partial charge >= 0.3 is 0 Å². The third-order valence-corrected chi connectivity index (χ3v) is 4.22. The van der Waals surface area contributed by atoms with E-state index in [1.54, 1.807) is 24.3 Å². The number of aromatic amines is 1. The summed E-state index contributed by atoms with van der Waals surface area (Å²) in [6.45, 7) is 0. The molecule has 0 unspecified atom stereocenters. The number of nitrogens with one attached hydrogen (secondary N) is 2. The predicted molar refractivity (Wildman–Crippen MR) is 98.3 cm³/mol. The molecule has 0 spiro atoms. The van der Waals surface area contributed by atoms with Crippen LogP contribution in [0.2, 0.25) is 0 Å². The highest BCUT2D eigenvalue weighted by Crippen LogP contribution is 2.20. The third kappa shape index (κ3) is 4.25. The highest BCUT2D eigenvalue weighted by atomic mass is 32.2. The van der Waals surface area contributed by atoms with Crippen LogP contribution in [0.25, 0.3) is 11.3 Å². The number of halogens is 1. The van der Waals surface area contributed by atoms with Crippen LogP contribution in [0, 0.1) is 5.82 Å². The first-order valence-electron chi connectivity index (χ1n) is 7.53. The van der Waals surface area contributed by atoms with Crippen LogP contribution in [0.5, 0.6) is 0 Å². The second-order valence-corrected chi connectivity index (χ2v) is 6.20. The molecule has 1 aromatic heterocycles. The lowest BCUT2D eigenvalue weighted by molar-refractivity contribution is -0.113. The number of hydrogen-bond donors (Lipinski definition) is 3. The van der Waals surface area contributed by atoms with Crippen molar-refractivity contribution >= 4 is 29.0 Å². The molecule has 3 aromatic rings. The summed E-state index contributed by atoms with van der Waals surface area (Å²) in [6, 6.07) is 12.3. The van der Waals surface area contributed by atoms with E-state index in [-0.39, 0.29) is 28.3 Å². The number of para-hydroxylation sites is 1. The average Bonchev–Trinajstić information content (AvgIpc) is 2.63. The van der Waals surface area contributed by atoms with Gasteiger partial charge in [-0.25, -0.2) is 4.39 Å². The summed E-state index contributed by atoms with van der Waals surface area (Å²) in [6.07, 6.45) is 0. The normalized spacial score (nSPS) is 10.5. The van der Waals surface area contributed by atoms with Gasteiger partial charge < -0.3 is 11.1 Å². The van der Waals surface area contributed by atoms with E-state index in [4.69, 9.17) is 5.73 Å². The number of hydrogen-bond acceptors (Lipinski definition) is 6. The molecule has 1 amide bonds. The van der Waals surface area contributed by atoms with Crippen molar-refractivity contribution in [1.82, 2.24) is 15.2 Å². The van der Waals surface area contributed by atoms with Crippen LogP contribution in [-0.4, -0.2) is 26.8 Å². The van der Waals surface area contributed by atoms with E-state index < -0.39 is 5.56 Å². The maximum absolute atomic E-state index is 12.8. The Bertz CT molecular complexity index is 991. The SMILES string of the molecule is Nc1ccccc1-c1nnc(SCC(=O)Nc2ccc(F)cc2)[nH]c1=O. The fourth-order valence-corrected chi connectivity index (χ4v) is 2.74. The summed E-state index contributed by atoms with van der Waals surface area (Å²) in [7, 11) is 0. The largest absolute Gasteiger partial charge is 0.398 e. The van der Waals surface area contributed by atoms with E-state index in [1.165, 1.54) is 24.3 Å². The minimum Gasteiger partial charge on any atom is -0.398 e. The molecular weight excluding hydrogens is 357 g/mol. The Kier molecular flexibility index (Phi) is 5.28. The smallest absolute Gasteiger partial charge is 0.278 e. The Morgan fingerprint density at radius 2 is 1.88 bits per heavy atom. The Hall–Kier alpha value is -3.20. The number of thioether (sulfide) groups is 1. The summed E-state index contributed by atoms with van der Waals surface area (Å²) in [5.74, 6) is -0.695. The van der Waals surface area contributed by atoms with Crippen LogP contribution in [-0.2, 0) is 4.79 Å². The lowest BCUT2D eigenvalue weighted by Gasteiger charge is -2.06. The number of nitrogens with zero attached hydrogens (tertiary/aromatic N) is 2. The minimum atomic E-state index is -0.445. The fourth-order valence-electron chi connectivity index (χ4n) is 2.14. The van der Waals surface area contributed by atoms with Crippen molar-refractivity contribution < 1.29 is 9.18 Å². The highest BCUT2D eigenvalue weighted by molar-refractivity contribution is 7.99. The highest BCUT2D eigenvalue weighted by Gasteiger charge is 2.11. The molecule has 4 N–H and O–H groups in total. The average molecular weight is 371 g/mol. The molecule has 0 bridgehead atoms. The molecule has 7 nitrogen and oxygen atoms in total. The number of carbonyl (C=O) groups excluding carboxylic acids is 1. The summed E-state index contributed by atoms with van der Waals surface area (Å²) in [5.41, 5.74) is 6.90. The zero-order valence-corrected chi connectivity index (χ0v) is 14.2. The van der Waals surface area contributed by atoms with Gasteiger partial charge in [0.1, 0.15) is 5.82 Å². The number of anilines is 2. The van der Waals surface area contributed by atoms with Gasteiger partial charge in [0, 0.05) is 16.9 Å². The Morgan fingerprint density at radius 1 is 1.15 bits per heavy atom. The van der Waals surface area contributed by atoms with Crippen molar-refractivity contribution in [2.45, 2.75) is 5.16 Å². The van der Waals surface area contributed by atoms with E-state index in [9.17, 15) is 14.0 Å². The Labute approximate surface area is 151 Å². The molecule has 132 valence electrons. The van der Waals surface area contributed by atoms with Gasteiger partial charge in [-0.3, -0.25) is 14.6 Å². The quantitative estimate of drug-likeness (QED) is 0.468. The van der Waals surface area contributed by atoms with Crippen molar-refractivity contribution in [2.24, 2.45) is 0 Å². The lowest BCUT2D eigenvalue weighted by atomic mass is 10.1. The zero-order chi connectivity index (χ0) is 18.5. The van der Waals surface area contributed by atoms with Crippen LogP contribution in [0.4, 0.5) is 15.8 Å². The van der Waals surface area contributed by atoms with Crippen molar-refractivity contribution in [3.8, 4) is 11.3 Å². The Balaban J connectivity index is 1.65. The van der Waals surface area contributed by atoms with Gasteiger partial charge in [-0.2, -0.15) is 0 Å². The topological polar surface area (TPSA) is 114 Å². The number of aromatic nitrogens is 3. The first kappa shape index (κ1) is 17.6. The van der Waals surface area contributed by atoms with Crippen LogP contribution >= 0.6 is 11.8 Å². The standard InChI is InChI=1S/C17H14FN5O2S/c18-10-5-7-11(8-6-10)20-14(24)9-26-17-21-16(25)15(22-23-17)12-3-1-2-4-13(12)19/h1-8H,9,19H2,(H,20,24)(H,21,23,25). The molecule has 0 aliphatic carbocycles. The number of carbonyl (C=O) groups is 1. The summed E-state index contributed by atoms with van der Waals surface area (Å²) < 4.78 is 12.8. The van der Waals surface area contributed by atoms with Gasteiger partial charge in [-0.15, -0.1) is 10.2 Å². The van der Waals surface area contributed by atoms with Gasteiger partial charge in [0.2, 0.25) is 5.91 Å².